The van der Waals surface area contributed by atoms with E-state index in [-0.39, 0.29) is 11.7 Å². The summed E-state index contributed by atoms with van der Waals surface area (Å²) in [7, 11) is 0. The van der Waals surface area contributed by atoms with E-state index in [0.29, 0.717) is 36.0 Å². The molecular weight excluding hydrogens is 357 g/mol. The molecule has 6 heteroatoms. The van der Waals surface area contributed by atoms with Crippen molar-refractivity contribution in [3.63, 3.8) is 0 Å². The molecule has 3 aromatic rings. The molecule has 1 fully saturated rings. The first kappa shape index (κ1) is 18.3. The van der Waals surface area contributed by atoms with Crippen molar-refractivity contribution >= 4 is 5.91 Å². The SMILES string of the molecule is O=C(CCc1ccccc1)N1CCC(Cc2noc(-c3ccc(F)cc3)n2)C1. The molecular formula is C22H22FN3O2. The summed E-state index contributed by atoms with van der Waals surface area (Å²) in [5.41, 5.74) is 1.89. The highest BCUT2D eigenvalue weighted by molar-refractivity contribution is 5.76. The summed E-state index contributed by atoms with van der Waals surface area (Å²) in [5.74, 6) is 1.25. The summed E-state index contributed by atoms with van der Waals surface area (Å²) < 4.78 is 18.3. The quantitative estimate of drug-likeness (QED) is 0.652. The predicted octanol–water partition coefficient (Wildman–Crippen LogP) is 3.90. The van der Waals surface area contributed by atoms with E-state index in [9.17, 15) is 9.18 Å². The summed E-state index contributed by atoms with van der Waals surface area (Å²) in [6, 6.07) is 16.1. The van der Waals surface area contributed by atoms with Gasteiger partial charge in [0.1, 0.15) is 5.82 Å². The van der Waals surface area contributed by atoms with Crippen LogP contribution in [0, 0.1) is 11.7 Å². The van der Waals surface area contributed by atoms with E-state index >= 15 is 0 Å². The third-order valence-corrected chi connectivity index (χ3v) is 5.14. The van der Waals surface area contributed by atoms with E-state index < -0.39 is 0 Å². The van der Waals surface area contributed by atoms with Gasteiger partial charge in [-0.3, -0.25) is 4.79 Å². The van der Waals surface area contributed by atoms with Gasteiger partial charge >= 0.3 is 0 Å². The van der Waals surface area contributed by atoms with Gasteiger partial charge in [-0.05, 0) is 48.6 Å². The Balaban J connectivity index is 1.29. The van der Waals surface area contributed by atoms with Crippen molar-refractivity contribution in [2.75, 3.05) is 13.1 Å². The van der Waals surface area contributed by atoms with Crippen LogP contribution in [0.3, 0.4) is 0 Å². The third kappa shape index (κ3) is 4.44. The third-order valence-electron chi connectivity index (χ3n) is 5.14. The maximum absolute atomic E-state index is 13.0. The van der Waals surface area contributed by atoms with Gasteiger partial charge in [0.15, 0.2) is 5.82 Å². The van der Waals surface area contributed by atoms with Crippen molar-refractivity contribution in [2.45, 2.75) is 25.7 Å². The molecule has 5 nitrogen and oxygen atoms in total. The summed E-state index contributed by atoms with van der Waals surface area (Å²) in [4.78, 5) is 18.8. The standard InChI is InChI=1S/C22H22FN3O2/c23-19-9-7-18(8-10-19)22-24-20(25-28-22)14-17-12-13-26(15-17)21(27)11-6-16-4-2-1-3-5-16/h1-5,7-10,17H,6,11-15H2. The fourth-order valence-corrected chi connectivity index (χ4v) is 3.58. The Hall–Kier alpha value is -3.02. The largest absolute Gasteiger partial charge is 0.342 e. The zero-order valence-electron chi connectivity index (χ0n) is 15.6. The number of hydrogen-bond acceptors (Lipinski definition) is 4. The first-order valence-corrected chi connectivity index (χ1v) is 9.57. The van der Waals surface area contributed by atoms with E-state index in [4.69, 9.17) is 4.52 Å². The normalized spacial score (nSPS) is 16.5. The molecule has 1 atom stereocenters. The fraction of sp³-hybridized carbons (Fsp3) is 0.318. The van der Waals surface area contributed by atoms with Gasteiger partial charge in [0.2, 0.25) is 5.91 Å². The topological polar surface area (TPSA) is 59.2 Å². The maximum Gasteiger partial charge on any atom is 0.257 e. The van der Waals surface area contributed by atoms with Crippen molar-refractivity contribution in [1.29, 1.82) is 0 Å². The lowest BCUT2D eigenvalue weighted by molar-refractivity contribution is -0.130. The Morgan fingerprint density at radius 3 is 2.71 bits per heavy atom. The van der Waals surface area contributed by atoms with Crippen LogP contribution in [0.2, 0.25) is 0 Å². The number of carbonyl (C=O) groups excluding carboxylic acids is 1. The van der Waals surface area contributed by atoms with Crippen molar-refractivity contribution in [3.8, 4) is 11.5 Å². The van der Waals surface area contributed by atoms with Crippen molar-refractivity contribution in [1.82, 2.24) is 15.0 Å². The minimum absolute atomic E-state index is 0.200. The second kappa shape index (κ2) is 8.33. The maximum atomic E-state index is 13.0. The molecule has 4 rings (SSSR count). The number of aryl methyl sites for hydroxylation is 1. The van der Waals surface area contributed by atoms with E-state index in [0.717, 1.165) is 25.9 Å². The smallest absolute Gasteiger partial charge is 0.257 e. The van der Waals surface area contributed by atoms with Crippen LogP contribution in [0.5, 0.6) is 0 Å². The molecule has 1 aliphatic heterocycles. The van der Waals surface area contributed by atoms with Gasteiger partial charge in [0.25, 0.3) is 5.89 Å². The second-order valence-electron chi connectivity index (χ2n) is 7.21. The van der Waals surface area contributed by atoms with Crippen LogP contribution in [0.25, 0.3) is 11.5 Å². The minimum atomic E-state index is -0.300. The average molecular weight is 379 g/mol. The number of nitrogens with zero attached hydrogens (tertiary/aromatic N) is 3. The van der Waals surface area contributed by atoms with Gasteiger partial charge in [-0.2, -0.15) is 4.98 Å². The number of likely N-dealkylation sites (tertiary alicyclic amines) is 1. The molecule has 0 spiro atoms. The molecule has 1 unspecified atom stereocenters. The van der Waals surface area contributed by atoms with E-state index in [2.05, 4.69) is 22.3 Å². The monoisotopic (exact) mass is 379 g/mol. The summed E-state index contributed by atoms with van der Waals surface area (Å²) in [6.07, 6.45) is 2.92. The molecule has 1 aliphatic rings. The summed E-state index contributed by atoms with van der Waals surface area (Å²) in [5, 5.41) is 4.04. The number of carbonyl (C=O) groups is 1. The molecule has 0 N–H and O–H groups in total. The Kier molecular flexibility index (Phi) is 5.46. The summed E-state index contributed by atoms with van der Waals surface area (Å²) in [6.45, 7) is 1.51. The van der Waals surface area contributed by atoms with Crippen molar-refractivity contribution < 1.29 is 13.7 Å². The van der Waals surface area contributed by atoms with Gasteiger partial charge in [-0.15, -0.1) is 0 Å². The molecule has 0 bridgehead atoms. The second-order valence-corrected chi connectivity index (χ2v) is 7.21. The first-order valence-electron chi connectivity index (χ1n) is 9.57. The van der Waals surface area contributed by atoms with Crippen LogP contribution in [0.15, 0.2) is 59.1 Å². The van der Waals surface area contributed by atoms with Crippen LogP contribution >= 0.6 is 0 Å². The average Bonchev–Trinajstić information content (AvgIpc) is 3.38. The Morgan fingerprint density at radius 1 is 1.14 bits per heavy atom. The molecule has 1 amide bonds. The molecule has 1 saturated heterocycles. The van der Waals surface area contributed by atoms with E-state index in [1.807, 2.05) is 23.1 Å². The molecule has 2 heterocycles. The fourth-order valence-electron chi connectivity index (χ4n) is 3.58. The van der Waals surface area contributed by atoms with Gasteiger partial charge < -0.3 is 9.42 Å². The number of halogens is 1. The molecule has 28 heavy (non-hydrogen) atoms. The number of amides is 1. The van der Waals surface area contributed by atoms with Crippen LogP contribution in [-0.4, -0.2) is 34.0 Å². The Labute approximate surface area is 163 Å². The van der Waals surface area contributed by atoms with Gasteiger partial charge in [0.05, 0.1) is 0 Å². The molecule has 1 aromatic heterocycles. The first-order chi connectivity index (χ1) is 13.7. The summed E-state index contributed by atoms with van der Waals surface area (Å²) >= 11 is 0. The van der Waals surface area contributed by atoms with Crippen LogP contribution in [-0.2, 0) is 17.6 Å². The van der Waals surface area contributed by atoms with Gasteiger partial charge in [0, 0.05) is 31.5 Å². The van der Waals surface area contributed by atoms with Gasteiger partial charge in [-0.1, -0.05) is 35.5 Å². The highest BCUT2D eigenvalue weighted by atomic mass is 19.1. The number of rotatable bonds is 6. The zero-order valence-corrected chi connectivity index (χ0v) is 15.6. The lowest BCUT2D eigenvalue weighted by Crippen LogP contribution is -2.29. The van der Waals surface area contributed by atoms with Crippen LogP contribution in [0.1, 0.15) is 24.2 Å². The predicted molar refractivity (Wildman–Crippen MR) is 103 cm³/mol. The number of benzene rings is 2. The minimum Gasteiger partial charge on any atom is -0.342 e. The van der Waals surface area contributed by atoms with E-state index in [1.165, 1.54) is 17.7 Å². The van der Waals surface area contributed by atoms with Gasteiger partial charge in [-0.25, -0.2) is 4.39 Å². The number of aromatic nitrogens is 2. The van der Waals surface area contributed by atoms with Crippen LogP contribution < -0.4 is 0 Å². The number of hydrogen-bond donors (Lipinski definition) is 0. The van der Waals surface area contributed by atoms with Crippen molar-refractivity contribution in [2.24, 2.45) is 5.92 Å². The van der Waals surface area contributed by atoms with Crippen LogP contribution in [0.4, 0.5) is 4.39 Å². The molecule has 0 aliphatic carbocycles. The Morgan fingerprint density at radius 2 is 1.93 bits per heavy atom. The lowest BCUT2D eigenvalue weighted by Gasteiger charge is -2.16. The molecule has 144 valence electrons. The highest BCUT2D eigenvalue weighted by Crippen LogP contribution is 2.23. The Bertz CT molecular complexity index is 924. The highest BCUT2D eigenvalue weighted by Gasteiger charge is 2.27. The van der Waals surface area contributed by atoms with Crippen molar-refractivity contribution in [3.05, 3.63) is 71.8 Å². The molecule has 0 radical (unpaired) electrons. The molecule has 0 saturated carbocycles. The lowest BCUT2D eigenvalue weighted by atomic mass is 10.0. The molecule has 2 aromatic carbocycles. The van der Waals surface area contributed by atoms with E-state index in [1.54, 1.807) is 12.1 Å². The zero-order chi connectivity index (χ0) is 19.3.